The number of carbonyl (C=O) groups is 1. The number of ether oxygens (including phenoxy) is 1. The van der Waals surface area contributed by atoms with Crippen LogP contribution < -0.4 is 15.6 Å². The van der Waals surface area contributed by atoms with Gasteiger partial charge in [0, 0.05) is 24.1 Å². The average molecular weight is 343 g/mol. The number of benzene rings is 1. The van der Waals surface area contributed by atoms with Crippen molar-refractivity contribution in [3.05, 3.63) is 57.0 Å². The first kappa shape index (κ1) is 16.2. The van der Waals surface area contributed by atoms with Gasteiger partial charge in [-0.25, -0.2) is 4.98 Å². The van der Waals surface area contributed by atoms with E-state index in [1.807, 2.05) is 26.0 Å². The quantitative estimate of drug-likeness (QED) is 0.790. The lowest BCUT2D eigenvalue weighted by atomic mass is 10.2. The highest BCUT2D eigenvalue weighted by Crippen LogP contribution is 2.26. The van der Waals surface area contributed by atoms with E-state index in [2.05, 4.69) is 10.3 Å². The van der Waals surface area contributed by atoms with Crippen LogP contribution in [0.5, 0.6) is 5.75 Å². The third kappa shape index (κ3) is 3.46. The summed E-state index contributed by atoms with van der Waals surface area (Å²) in [7, 11) is 0. The summed E-state index contributed by atoms with van der Waals surface area (Å²) in [6.07, 6.45) is 1.77. The second kappa shape index (κ2) is 6.45. The van der Waals surface area contributed by atoms with Gasteiger partial charge in [0.05, 0.1) is 11.4 Å². The molecule has 7 heteroatoms. The van der Waals surface area contributed by atoms with Gasteiger partial charge in [-0.2, -0.15) is 0 Å². The van der Waals surface area contributed by atoms with Crippen LogP contribution in [0.15, 0.2) is 35.3 Å². The molecule has 0 aliphatic carbocycles. The minimum Gasteiger partial charge on any atom is -0.485 e. The maximum absolute atomic E-state index is 12.1. The van der Waals surface area contributed by atoms with Gasteiger partial charge in [0.2, 0.25) is 5.91 Å². The first-order valence-corrected chi connectivity index (χ1v) is 8.24. The fourth-order valence-corrected chi connectivity index (χ4v) is 3.19. The summed E-state index contributed by atoms with van der Waals surface area (Å²) in [5.41, 5.74) is 2.04. The minimum absolute atomic E-state index is 0.131. The van der Waals surface area contributed by atoms with E-state index in [1.165, 1.54) is 28.7 Å². The molecule has 0 saturated carbocycles. The van der Waals surface area contributed by atoms with E-state index in [0.717, 1.165) is 10.4 Å². The molecule has 0 spiro atoms. The molecule has 0 aliphatic rings. The minimum atomic E-state index is -0.169. The van der Waals surface area contributed by atoms with Crippen LogP contribution in [-0.2, 0) is 11.4 Å². The molecule has 1 aromatic carbocycles. The number of hydrogen-bond acceptors (Lipinski definition) is 5. The lowest BCUT2D eigenvalue weighted by molar-refractivity contribution is -0.114. The number of fused-ring (bicyclic) bond motifs is 1. The van der Waals surface area contributed by atoms with Gasteiger partial charge in [0.25, 0.3) is 5.56 Å². The third-order valence-electron chi connectivity index (χ3n) is 3.36. The third-order valence-corrected chi connectivity index (χ3v) is 4.26. The predicted octanol–water partition coefficient (Wildman–Crippen LogP) is 2.91. The molecule has 1 N–H and O–H groups in total. The first-order valence-electron chi connectivity index (χ1n) is 7.42. The molecule has 124 valence electrons. The Labute approximate surface area is 142 Å². The van der Waals surface area contributed by atoms with E-state index in [4.69, 9.17) is 4.74 Å². The Bertz CT molecular complexity index is 975. The van der Waals surface area contributed by atoms with Crippen LogP contribution in [0.3, 0.4) is 0 Å². The lowest BCUT2D eigenvalue weighted by Crippen LogP contribution is -2.14. The number of hydrogen-bond donors (Lipinski definition) is 1. The Morgan fingerprint density at radius 3 is 2.88 bits per heavy atom. The van der Waals surface area contributed by atoms with Crippen LogP contribution in [-0.4, -0.2) is 15.3 Å². The molecular formula is C17H17N3O3S. The van der Waals surface area contributed by atoms with Crippen molar-refractivity contribution in [2.45, 2.75) is 27.4 Å². The molecule has 0 bridgehead atoms. The van der Waals surface area contributed by atoms with Gasteiger partial charge in [0.15, 0.2) is 4.96 Å². The summed E-state index contributed by atoms with van der Waals surface area (Å²) in [4.78, 5) is 29.5. The lowest BCUT2D eigenvalue weighted by Gasteiger charge is -2.12. The predicted molar refractivity (Wildman–Crippen MR) is 93.9 cm³/mol. The normalized spacial score (nSPS) is 10.8. The number of rotatable bonds is 4. The van der Waals surface area contributed by atoms with Crippen molar-refractivity contribution in [3.63, 3.8) is 0 Å². The molecule has 0 fully saturated rings. The van der Waals surface area contributed by atoms with Gasteiger partial charge >= 0.3 is 0 Å². The Kier molecular flexibility index (Phi) is 4.35. The monoisotopic (exact) mass is 343 g/mol. The zero-order chi connectivity index (χ0) is 17.3. The fourth-order valence-electron chi connectivity index (χ4n) is 2.34. The van der Waals surface area contributed by atoms with E-state index in [-0.39, 0.29) is 18.1 Å². The molecule has 3 rings (SSSR count). The van der Waals surface area contributed by atoms with Gasteiger partial charge in [-0.3, -0.25) is 14.0 Å². The van der Waals surface area contributed by atoms with Gasteiger partial charge in [0.1, 0.15) is 12.4 Å². The Hall–Kier alpha value is -2.67. The largest absolute Gasteiger partial charge is 0.485 e. The summed E-state index contributed by atoms with van der Waals surface area (Å²) in [6, 6.07) is 6.99. The summed E-state index contributed by atoms with van der Waals surface area (Å²) in [5, 5.41) is 2.75. The molecule has 3 aromatic rings. The Balaban J connectivity index is 1.85. The van der Waals surface area contributed by atoms with Crippen LogP contribution in [0.1, 0.15) is 23.1 Å². The number of carbonyl (C=O) groups excluding carboxylic acids is 1. The van der Waals surface area contributed by atoms with E-state index < -0.39 is 0 Å². The highest BCUT2D eigenvalue weighted by atomic mass is 32.1. The molecule has 6 nitrogen and oxygen atoms in total. The summed E-state index contributed by atoms with van der Waals surface area (Å²) in [6.45, 7) is 5.46. The van der Waals surface area contributed by atoms with Crippen molar-refractivity contribution < 1.29 is 9.53 Å². The number of nitrogens with zero attached hydrogens (tertiary/aromatic N) is 2. The number of anilines is 1. The van der Waals surface area contributed by atoms with Crippen LogP contribution in [0.25, 0.3) is 4.96 Å². The van der Waals surface area contributed by atoms with E-state index >= 15 is 0 Å². The second-order valence-corrected chi connectivity index (χ2v) is 6.76. The first-order chi connectivity index (χ1) is 11.4. The SMILES string of the molecule is CC(=O)Nc1cc(C)ccc1OCc1cc(=O)n2cc(C)sc2n1. The molecule has 2 aromatic heterocycles. The molecule has 2 heterocycles. The van der Waals surface area contributed by atoms with Crippen LogP contribution >= 0.6 is 11.3 Å². The van der Waals surface area contributed by atoms with Crippen molar-refractivity contribution >= 4 is 27.9 Å². The maximum atomic E-state index is 12.1. The topological polar surface area (TPSA) is 72.7 Å². The number of nitrogens with one attached hydrogen (secondary N) is 1. The zero-order valence-electron chi connectivity index (χ0n) is 13.6. The van der Waals surface area contributed by atoms with E-state index in [9.17, 15) is 9.59 Å². The molecule has 24 heavy (non-hydrogen) atoms. The van der Waals surface area contributed by atoms with Crippen molar-refractivity contribution in [1.29, 1.82) is 0 Å². The Morgan fingerprint density at radius 2 is 2.12 bits per heavy atom. The highest BCUT2D eigenvalue weighted by Gasteiger charge is 2.09. The molecule has 0 aliphatic heterocycles. The molecule has 0 unspecified atom stereocenters. The van der Waals surface area contributed by atoms with Crippen LogP contribution in [0.4, 0.5) is 5.69 Å². The number of thiazole rings is 1. The van der Waals surface area contributed by atoms with Gasteiger partial charge in [-0.1, -0.05) is 6.07 Å². The van der Waals surface area contributed by atoms with Gasteiger partial charge < -0.3 is 10.1 Å². The van der Waals surface area contributed by atoms with Crippen LogP contribution in [0, 0.1) is 13.8 Å². The van der Waals surface area contributed by atoms with Crippen molar-refractivity contribution in [2.75, 3.05) is 5.32 Å². The van der Waals surface area contributed by atoms with Gasteiger partial charge in [-0.05, 0) is 31.5 Å². The highest BCUT2D eigenvalue weighted by molar-refractivity contribution is 7.16. The van der Waals surface area contributed by atoms with Crippen molar-refractivity contribution in [3.8, 4) is 5.75 Å². The molecular weight excluding hydrogens is 326 g/mol. The summed E-state index contributed by atoms with van der Waals surface area (Å²) >= 11 is 1.45. The smallest absolute Gasteiger partial charge is 0.258 e. The second-order valence-electron chi connectivity index (χ2n) is 5.55. The number of aromatic nitrogens is 2. The molecule has 0 radical (unpaired) electrons. The number of amides is 1. The average Bonchev–Trinajstić information content (AvgIpc) is 2.87. The van der Waals surface area contributed by atoms with Crippen molar-refractivity contribution in [2.24, 2.45) is 0 Å². The van der Waals surface area contributed by atoms with Gasteiger partial charge in [-0.15, -0.1) is 11.3 Å². The molecule has 0 atom stereocenters. The molecule has 1 amide bonds. The zero-order valence-corrected chi connectivity index (χ0v) is 14.4. The summed E-state index contributed by atoms with van der Waals surface area (Å²) < 4.78 is 7.29. The fraction of sp³-hybridized carbons (Fsp3) is 0.235. The Morgan fingerprint density at radius 1 is 1.33 bits per heavy atom. The van der Waals surface area contributed by atoms with E-state index in [0.29, 0.717) is 22.1 Å². The van der Waals surface area contributed by atoms with E-state index in [1.54, 1.807) is 12.3 Å². The van der Waals surface area contributed by atoms with Crippen LogP contribution in [0.2, 0.25) is 0 Å². The van der Waals surface area contributed by atoms with Crippen molar-refractivity contribution in [1.82, 2.24) is 9.38 Å². The summed E-state index contributed by atoms with van der Waals surface area (Å²) in [5.74, 6) is 0.373. The number of aryl methyl sites for hydroxylation is 2. The molecule has 0 saturated heterocycles. The standard InChI is InChI=1S/C17H17N3O3S/c1-10-4-5-15(14(6-10)18-12(3)21)23-9-13-7-16(22)20-8-11(2)24-17(20)19-13/h4-8H,9H2,1-3H3,(H,18,21). The maximum Gasteiger partial charge on any atom is 0.258 e.